The number of aromatic amines is 2. The molecule has 2 N–H and O–H groups in total. The van der Waals surface area contributed by atoms with Gasteiger partial charge < -0.3 is 9.72 Å². The molecule has 0 aliphatic heterocycles. The van der Waals surface area contributed by atoms with Crippen LogP contribution in [-0.2, 0) is 0 Å². The highest BCUT2D eigenvalue weighted by Crippen LogP contribution is 2.26. The van der Waals surface area contributed by atoms with E-state index in [1.807, 2.05) is 0 Å². The lowest BCUT2D eigenvalue weighted by atomic mass is 10.1. The van der Waals surface area contributed by atoms with Gasteiger partial charge in [-0.1, -0.05) is 0 Å². The third-order valence-electron chi connectivity index (χ3n) is 3.74. The monoisotopic (exact) mass is 361 g/mol. The van der Waals surface area contributed by atoms with Crippen LogP contribution in [0.3, 0.4) is 0 Å². The average molecular weight is 361 g/mol. The molecular formula is C16H10F3N5O2. The van der Waals surface area contributed by atoms with Crippen LogP contribution < -0.4 is 10.3 Å². The van der Waals surface area contributed by atoms with Gasteiger partial charge in [0.2, 0.25) is 0 Å². The topological polar surface area (TPSA) is 88.6 Å². The molecule has 0 saturated carbocycles. The van der Waals surface area contributed by atoms with E-state index >= 15 is 0 Å². The van der Waals surface area contributed by atoms with Crippen molar-refractivity contribution >= 4 is 11.0 Å². The smallest absolute Gasteiger partial charge is 0.406 e. The summed E-state index contributed by atoms with van der Waals surface area (Å²) in [6.07, 6.45) is 1.43. The highest BCUT2D eigenvalue weighted by Gasteiger charge is 2.31. The Balaban J connectivity index is 1.84. The summed E-state index contributed by atoms with van der Waals surface area (Å²) in [6.45, 7) is 0. The number of aromatic nitrogens is 5. The summed E-state index contributed by atoms with van der Waals surface area (Å²) in [4.78, 5) is 19.6. The van der Waals surface area contributed by atoms with Crippen LogP contribution in [0.25, 0.3) is 27.8 Å². The minimum absolute atomic E-state index is 0.277. The van der Waals surface area contributed by atoms with Gasteiger partial charge in [-0.15, -0.1) is 13.2 Å². The van der Waals surface area contributed by atoms with Crippen LogP contribution in [0.2, 0.25) is 0 Å². The Bertz CT molecular complexity index is 1110. The van der Waals surface area contributed by atoms with Crippen molar-refractivity contribution in [3.8, 4) is 22.6 Å². The van der Waals surface area contributed by atoms with Crippen molar-refractivity contribution in [3.05, 3.63) is 59.5 Å². The molecule has 3 aromatic heterocycles. The van der Waals surface area contributed by atoms with Crippen molar-refractivity contribution < 1.29 is 17.9 Å². The lowest BCUT2D eigenvalue weighted by Crippen LogP contribution is -2.19. The number of H-pyrrole nitrogens is 2. The van der Waals surface area contributed by atoms with Crippen molar-refractivity contribution in [2.45, 2.75) is 6.36 Å². The van der Waals surface area contributed by atoms with Gasteiger partial charge in [0.05, 0.1) is 12.5 Å². The maximum Gasteiger partial charge on any atom is 0.573 e. The van der Waals surface area contributed by atoms with Crippen LogP contribution in [0.15, 0.2) is 54.0 Å². The van der Waals surface area contributed by atoms with Gasteiger partial charge in [-0.2, -0.15) is 5.10 Å². The maximum absolute atomic E-state index is 12.7. The van der Waals surface area contributed by atoms with Crippen LogP contribution in [-0.4, -0.2) is 31.1 Å². The fourth-order valence-electron chi connectivity index (χ4n) is 2.64. The van der Waals surface area contributed by atoms with Gasteiger partial charge in [-0.05, 0) is 24.3 Å². The minimum atomic E-state index is -4.78. The Kier molecular flexibility index (Phi) is 3.53. The molecule has 0 bridgehead atoms. The number of imidazole rings is 1. The molecule has 0 fully saturated rings. The lowest BCUT2D eigenvalue weighted by molar-refractivity contribution is -0.274. The van der Waals surface area contributed by atoms with E-state index in [9.17, 15) is 18.0 Å². The first-order valence-electron chi connectivity index (χ1n) is 7.36. The molecule has 0 atom stereocenters. The molecule has 26 heavy (non-hydrogen) atoms. The number of benzene rings is 1. The van der Waals surface area contributed by atoms with Crippen LogP contribution >= 0.6 is 0 Å². The Morgan fingerprint density at radius 1 is 1.15 bits per heavy atom. The van der Waals surface area contributed by atoms with E-state index in [0.717, 1.165) is 12.1 Å². The molecule has 1 aromatic carbocycles. The first kappa shape index (κ1) is 15.9. The summed E-state index contributed by atoms with van der Waals surface area (Å²) in [7, 11) is 0. The first-order chi connectivity index (χ1) is 12.4. The molecule has 0 unspecified atom stereocenters. The zero-order valence-electron chi connectivity index (χ0n) is 12.9. The second-order valence-corrected chi connectivity index (χ2v) is 5.37. The average Bonchev–Trinajstić information content (AvgIpc) is 3.27. The molecule has 4 rings (SSSR count). The second kappa shape index (κ2) is 5.76. The van der Waals surface area contributed by atoms with E-state index in [1.54, 1.807) is 18.6 Å². The summed E-state index contributed by atoms with van der Waals surface area (Å²) < 4.78 is 42.0. The Hall–Kier alpha value is -3.56. The quantitative estimate of drug-likeness (QED) is 0.587. The zero-order chi connectivity index (χ0) is 18.3. The summed E-state index contributed by atoms with van der Waals surface area (Å²) in [5.74, 6) is -0.369. The highest BCUT2D eigenvalue weighted by molar-refractivity contribution is 5.90. The predicted molar refractivity (Wildman–Crippen MR) is 86.0 cm³/mol. The molecule has 0 saturated heterocycles. The molecule has 0 radical (unpaired) electrons. The van der Waals surface area contributed by atoms with Crippen molar-refractivity contribution in [2.75, 3.05) is 0 Å². The standard InChI is InChI=1S/C16H10F3N5O2/c17-16(18,19)26-11-3-1-10(2-4-11)24-7-12(9-5-22-23-6-9)13-14(15(24)25)21-8-20-13/h1-8H,(H,20,21)(H,22,23). The second-order valence-electron chi connectivity index (χ2n) is 5.37. The highest BCUT2D eigenvalue weighted by atomic mass is 19.4. The van der Waals surface area contributed by atoms with E-state index in [-0.39, 0.29) is 16.8 Å². The molecule has 0 spiro atoms. The number of hydrogen-bond donors (Lipinski definition) is 2. The van der Waals surface area contributed by atoms with Crippen LogP contribution in [0, 0.1) is 0 Å². The fraction of sp³-hybridized carbons (Fsp3) is 0.0625. The molecule has 3 heterocycles. The fourth-order valence-corrected chi connectivity index (χ4v) is 2.64. The lowest BCUT2D eigenvalue weighted by Gasteiger charge is -2.11. The number of rotatable bonds is 3. The van der Waals surface area contributed by atoms with Crippen LogP contribution in [0.5, 0.6) is 5.75 Å². The number of fused-ring (bicyclic) bond motifs is 1. The first-order valence-corrected chi connectivity index (χ1v) is 7.36. The third kappa shape index (κ3) is 2.81. The molecule has 132 valence electrons. The molecule has 0 aliphatic carbocycles. The van der Waals surface area contributed by atoms with E-state index in [0.29, 0.717) is 22.3 Å². The zero-order valence-corrected chi connectivity index (χ0v) is 12.9. The third-order valence-corrected chi connectivity index (χ3v) is 3.74. The van der Waals surface area contributed by atoms with Gasteiger partial charge in [0, 0.05) is 29.2 Å². The summed E-state index contributed by atoms with van der Waals surface area (Å²) >= 11 is 0. The number of pyridine rings is 1. The predicted octanol–water partition coefficient (Wildman–Crippen LogP) is 3.00. The largest absolute Gasteiger partial charge is 0.573 e. The Morgan fingerprint density at radius 2 is 1.92 bits per heavy atom. The van der Waals surface area contributed by atoms with Crippen molar-refractivity contribution in [1.29, 1.82) is 0 Å². The van der Waals surface area contributed by atoms with Gasteiger partial charge >= 0.3 is 6.36 Å². The van der Waals surface area contributed by atoms with Gasteiger partial charge in [-0.25, -0.2) is 4.98 Å². The maximum atomic E-state index is 12.7. The van der Waals surface area contributed by atoms with Crippen molar-refractivity contribution in [1.82, 2.24) is 24.7 Å². The summed E-state index contributed by atoms with van der Waals surface area (Å²) in [6, 6.07) is 5.02. The molecule has 0 aliphatic rings. The van der Waals surface area contributed by atoms with Crippen LogP contribution in [0.1, 0.15) is 0 Å². The number of nitrogens with zero attached hydrogens (tertiary/aromatic N) is 3. The SMILES string of the molecule is O=c1c2[nH]cnc2c(-c2cn[nH]c2)cn1-c1ccc(OC(F)(F)F)cc1. The molecule has 10 heteroatoms. The minimum Gasteiger partial charge on any atom is -0.406 e. The molecule has 7 nitrogen and oxygen atoms in total. The molecular weight excluding hydrogens is 351 g/mol. The number of hydrogen-bond acceptors (Lipinski definition) is 4. The van der Waals surface area contributed by atoms with E-state index < -0.39 is 6.36 Å². The summed E-state index contributed by atoms with van der Waals surface area (Å²) in [5.41, 5.74) is 2.11. The van der Waals surface area contributed by atoms with E-state index in [2.05, 4.69) is 24.9 Å². The molecule has 4 aromatic rings. The van der Waals surface area contributed by atoms with Gasteiger partial charge in [0.1, 0.15) is 16.8 Å². The number of halogens is 3. The normalized spacial score (nSPS) is 11.8. The summed E-state index contributed by atoms with van der Waals surface area (Å²) in [5, 5.41) is 6.58. The molecule has 0 amide bonds. The van der Waals surface area contributed by atoms with E-state index in [1.165, 1.54) is 23.0 Å². The number of ether oxygens (including phenoxy) is 1. The van der Waals surface area contributed by atoms with Crippen molar-refractivity contribution in [3.63, 3.8) is 0 Å². The van der Waals surface area contributed by atoms with Gasteiger partial charge in [0.15, 0.2) is 0 Å². The van der Waals surface area contributed by atoms with Crippen LogP contribution in [0.4, 0.5) is 13.2 Å². The van der Waals surface area contributed by atoms with Crippen molar-refractivity contribution in [2.24, 2.45) is 0 Å². The Labute approximate surface area is 143 Å². The van der Waals surface area contributed by atoms with Gasteiger partial charge in [0.25, 0.3) is 5.56 Å². The number of alkyl halides is 3. The van der Waals surface area contributed by atoms with E-state index in [4.69, 9.17) is 0 Å². The number of nitrogens with one attached hydrogen (secondary N) is 2. The Morgan fingerprint density at radius 3 is 2.58 bits per heavy atom. The van der Waals surface area contributed by atoms with Gasteiger partial charge in [-0.3, -0.25) is 14.5 Å².